The lowest BCUT2D eigenvalue weighted by atomic mass is 9.98. The Morgan fingerprint density at radius 3 is 3.08 bits per heavy atom. The lowest BCUT2D eigenvalue weighted by molar-refractivity contribution is 0.814. The normalized spacial score (nSPS) is 17.3. The summed E-state index contributed by atoms with van der Waals surface area (Å²) in [6, 6.07) is 10.2. The molecule has 0 atom stereocenters. The molecule has 1 aliphatic heterocycles. The number of hydrogen-bond donors (Lipinski definition) is 1. The fraction of sp³-hybridized carbons (Fsp3) is 0.182. The topological polar surface area (TPSA) is 35.8 Å². The van der Waals surface area contributed by atoms with Crippen LogP contribution < -0.4 is 5.32 Å². The maximum absolute atomic E-state index is 8.58. The van der Waals surface area contributed by atoms with Gasteiger partial charge in [-0.15, -0.1) is 0 Å². The Hall–Kier alpha value is -1.75. The van der Waals surface area contributed by atoms with Crippen molar-refractivity contribution in [3.05, 3.63) is 41.5 Å². The van der Waals surface area contributed by atoms with E-state index in [4.69, 9.17) is 5.26 Å². The van der Waals surface area contributed by atoms with Crippen LogP contribution in [-0.4, -0.2) is 6.54 Å². The Bertz CT molecular complexity index is 385. The van der Waals surface area contributed by atoms with Crippen molar-refractivity contribution >= 4 is 5.70 Å². The van der Waals surface area contributed by atoms with Gasteiger partial charge >= 0.3 is 0 Å². The second-order valence-corrected chi connectivity index (χ2v) is 3.02. The van der Waals surface area contributed by atoms with Crippen molar-refractivity contribution in [1.82, 2.24) is 5.32 Å². The zero-order valence-electron chi connectivity index (χ0n) is 7.25. The van der Waals surface area contributed by atoms with Crippen molar-refractivity contribution in [1.29, 1.82) is 5.26 Å². The minimum absolute atomic E-state index is 0.921. The van der Waals surface area contributed by atoms with Crippen LogP contribution in [0.4, 0.5) is 0 Å². The number of nitrogens with one attached hydrogen (secondary N) is 1. The molecule has 0 saturated carbocycles. The molecule has 1 aliphatic rings. The van der Waals surface area contributed by atoms with Crippen LogP contribution in [0, 0.1) is 11.3 Å². The van der Waals surface area contributed by atoms with E-state index in [1.54, 1.807) is 6.08 Å². The molecule has 0 spiro atoms. The van der Waals surface area contributed by atoms with Crippen molar-refractivity contribution in [3.63, 3.8) is 0 Å². The second kappa shape index (κ2) is 3.32. The van der Waals surface area contributed by atoms with E-state index in [1.807, 2.05) is 18.2 Å². The summed E-state index contributed by atoms with van der Waals surface area (Å²) in [7, 11) is 0. The van der Waals surface area contributed by atoms with Gasteiger partial charge in [0.1, 0.15) is 0 Å². The Kier molecular flexibility index (Phi) is 2.01. The molecule has 2 nitrogen and oxygen atoms in total. The van der Waals surface area contributed by atoms with Gasteiger partial charge in [-0.1, -0.05) is 24.3 Å². The number of benzene rings is 1. The average Bonchev–Trinajstić information content (AvgIpc) is 2.19. The molecule has 0 aliphatic carbocycles. The fourth-order valence-electron chi connectivity index (χ4n) is 1.62. The predicted molar refractivity (Wildman–Crippen MR) is 51.7 cm³/mol. The first-order valence-corrected chi connectivity index (χ1v) is 4.34. The summed E-state index contributed by atoms with van der Waals surface area (Å²) in [5.74, 6) is 0. The Morgan fingerprint density at radius 2 is 2.23 bits per heavy atom. The number of fused-ring (bicyclic) bond motifs is 1. The van der Waals surface area contributed by atoms with Gasteiger partial charge in [-0.25, -0.2) is 0 Å². The summed E-state index contributed by atoms with van der Waals surface area (Å²) in [5.41, 5.74) is 3.43. The van der Waals surface area contributed by atoms with Gasteiger partial charge in [0, 0.05) is 18.2 Å². The Labute approximate surface area is 77.5 Å². The summed E-state index contributed by atoms with van der Waals surface area (Å²) >= 11 is 0. The van der Waals surface area contributed by atoms with Crippen LogP contribution in [0.2, 0.25) is 0 Å². The van der Waals surface area contributed by atoms with E-state index in [-0.39, 0.29) is 0 Å². The van der Waals surface area contributed by atoms with E-state index in [9.17, 15) is 0 Å². The van der Waals surface area contributed by atoms with Crippen LogP contribution in [0.25, 0.3) is 5.70 Å². The monoisotopic (exact) mass is 170 g/mol. The van der Waals surface area contributed by atoms with Crippen LogP contribution >= 0.6 is 0 Å². The third-order valence-corrected chi connectivity index (χ3v) is 2.23. The summed E-state index contributed by atoms with van der Waals surface area (Å²) in [4.78, 5) is 0. The highest BCUT2D eigenvalue weighted by Gasteiger charge is 2.11. The van der Waals surface area contributed by atoms with Crippen molar-refractivity contribution in [2.75, 3.05) is 6.54 Å². The lowest BCUT2D eigenvalue weighted by Crippen LogP contribution is -2.22. The first kappa shape index (κ1) is 7.88. The maximum atomic E-state index is 8.58. The van der Waals surface area contributed by atoms with Gasteiger partial charge in [-0.05, 0) is 12.0 Å². The van der Waals surface area contributed by atoms with E-state index in [2.05, 4.69) is 17.5 Å². The first-order valence-electron chi connectivity index (χ1n) is 4.34. The molecule has 1 N–H and O–H groups in total. The molecule has 0 fully saturated rings. The molecule has 64 valence electrons. The van der Waals surface area contributed by atoms with Crippen LogP contribution in [0.15, 0.2) is 30.3 Å². The lowest BCUT2D eigenvalue weighted by Gasteiger charge is -2.19. The molecule has 1 aromatic carbocycles. The third kappa shape index (κ3) is 1.41. The van der Waals surface area contributed by atoms with E-state index < -0.39 is 0 Å². The summed E-state index contributed by atoms with van der Waals surface area (Å²) in [6.07, 6.45) is 2.61. The number of rotatable bonds is 0. The zero-order chi connectivity index (χ0) is 9.10. The van der Waals surface area contributed by atoms with Crippen LogP contribution in [0.1, 0.15) is 11.1 Å². The quantitative estimate of drug-likeness (QED) is 0.601. The number of nitrogens with zero attached hydrogens (tertiary/aromatic N) is 1. The molecule has 0 unspecified atom stereocenters. The molecular formula is C11H10N2. The standard InChI is InChI=1S/C11H10N2/c12-7-5-11-10-4-2-1-3-9(10)6-8-13-11/h1-5,13H,6,8H2/b11-5-. The van der Waals surface area contributed by atoms with Crippen molar-refractivity contribution < 1.29 is 0 Å². The molecule has 1 heterocycles. The largest absolute Gasteiger partial charge is 0.384 e. The first-order chi connectivity index (χ1) is 6.42. The number of hydrogen-bond acceptors (Lipinski definition) is 2. The Morgan fingerprint density at radius 1 is 1.38 bits per heavy atom. The number of allylic oxidation sites excluding steroid dienone is 1. The molecule has 1 aromatic rings. The molecule has 0 bridgehead atoms. The Balaban J connectivity index is 2.50. The molecule has 2 rings (SSSR count). The van der Waals surface area contributed by atoms with Gasteiger partial charge in [0.25, 0.3) is 0 Å². The highest BCUT2D eigenvalue weighted by molar-refractivity contribution is 5.70. The van der Waals surface area contributed by atoms with Gasteiger partial charge in [0.05, 0.1) is 11.8 Å². The van der Waals surface area contributed by atoms with Gasteiger partial charge in [0.15, 0.2) is 0 Å². The zero-order valence-corrected chi connectivity index (χ0v) is 7.25. The summed E-state index contributed by atoms with van der Waals surface area (Å²) in [5, 5.41) is 11.8. The summed E-state index contributed by atoms with van der Waals surface area (Å²) < 4.78 is 0. The van der Waals surface area contributed by atoms with E-state index in [0.29, 0.717) is 0 Å². The maximum Gasteiger partial charge on any atom is 0.0933 e. The predicted octanol–water partition coefficient (Wildman–Crippen LogP) is 1.70. The minimum atomic E-state index is 0.921. The molecular weight excluding hydrogens is 160 g/mol. The molecule has 0 radical (unpaired) electrons. The van der Waals surface area contributed by atoms with Gasteiger partial charge in [-0.3, -0.25) is 0 Å². The highest BCUT2D eigenvalue weighted by Crippen LogP contribution is 2.20. The van der Waals surface area contributed by atoms with Gasteiger partial charge in [0.2, 0.25) is 0 Å². The molecule has 0 amide bonds. The fourth-order valence-corrected chi connectivity index (χ4v) is 1.62. The smallest absolute Gasteiger partial charge is 0.0933 e. The summed E-state index contributed by atoms with van der Waals surface area (Å²) in [6.45, 7) is 0.921. The van der Waals surface area contributed by atoms with Crippen molar-refractivity contribution in [2.24, 2.45) is 0 Å². The van der Waals surface area contributed by atoms with Crippen molar-refractivity contribution in [3.8, 4) is 6.07 Å². The SMILES string of the molecule is N#C/C=C1\NCCc2ccccc21. The minimum Gasteiger partial charge on any atom is -0.384 e. The third-order valence-electron chi connectivity index (χ3n) is 2.23. The van der Waals surface area contributed by atoms with Crippen LogP contribution in [0.5, 0.6) is 0 Å². The molecule has 13 heavy (non-hydrogen) atoms. The van der Waals surface area contributed by atoms with E-state index >= 15 is 0 Å². The van der Waals surface area contributed by atoms with Crippen LogP contribution in [0.3, 0.4) is 0 Å². The van der Waals surface area contributed by atoms with Crippen molar-refractivity contribution in [2.45, 2.75) is 6.42 Å². The van der Waals surface area contributed by atoms with Gasteiger partial charge < -0.3 is 5.32 Å². The van der Waals surface area contributed by atoms with E-state index in [1.165, 1.54) is 5.56 Å². The second-order valence-electron chi connectivity index (χ2n) is 3.02. The van der Waals surface area contributed by atoms with Crippen LogP contribution in [-0.2, 0) is 6.42 Å². The number of nitriles is 1. The highest BCUT2D eigenvalue weighted by atomic mass is 14.9. The van der Waals surface area contributed by atoms with Gasteiger partial charge in [-0.2, -0.15) is 5.26 Å². The molecule has 0 aromatic heterocycles. The van der Waals surface area contributed by atoms with E-state index in [0.717, 1.165) is 24.2 Å². The molecule has 0 saturated heterocycles. The molecule has 2 heteroatoms. The average molecular weight is 170 g/mol.